The van der Waals surface area contributed by atoms with Crippen LogP contribution >= 0.6 is 12.2 Å². The van der Waals surface area contributed by atoms with Gasteiger partial charge in [-0.15, -0.1) is 0 Å². The third-order valence-electron chi connectivity index (χ3n) is 2.81. The molecule has 0 fully saturated rings. The Bertz CT molecular complexity index is 736. The molecule has 21 heavy (non-hydrogen) atoms. The lowest BCUT2D eigenvalue weighted by Gasteiger charge is -2.06. The van der Waals surface area contributed by atoms with E-state index in [1.165, 1.54) is 12.1 Å². The third kappa shape index (κ3) is 3.87. The zero-order chi connectivity index (χ0) is 15.5. The average Bonchev–Trinajstić information content (AvgIpc) is 2.93. The fourth-order valence-corrected chi connectivity index (χ4v) is 2.74. The molecule has 0 aliphatic rings. The predicted octanol–water partition coefficient (Wildman–Crippen LogP) is 1.35. The standard InChI is InChI=1S/C13H15N3O3S2/c1-2-10-7-15-12(19-10)8-16-21(17,18)11-5-3-9(4-6-11)13(14)20/h3-7,16H,2,8H2,1H3,(H2,14,20). The topological polar surface area (TPSA) is 98.2 Å². The molecule has 2 rings (SSSR count). The van der Waals surface area contributed by atoms with Crippen LogP contribution in [0, 0.1) is 0 Å². The molecule has 0 spiro atoms. The molecule has 112 valence electrons. The molecule has 0 atom stereocenters. The molecule has 6 nitrogen and oxygen atoms in total. The Morgan fingerprint density at radius 3 is 2.57 bits per heavy atom. The van der Waals surface area contributed by atoms with Crippen LogP contribution in [-0.2, 0) is 23.0 Å². The van der Waals surface area contributed by atoms with E-state index in [4.69, 9.17) is 22.4 Å². The smallest absolute Gasteiger partial charge is 0.241 e. The first-order chi connectivity index (χ1) is 9.92. The summed E-state index contributed by atoms with van der Waals surface area (Å²) in [6, 6.07) is 6.03. The van der Waals surface area contributed by atoms with Gasteiger partial charge in [0.05, 0.1) is 17.6 Å². The lowest BCUT2D eigenvalue weighted by Crippen LogP contribution is -2.23. The minimum atomic E-state index is -3.63. The number of hydrogen-bond donors (Lipinski definition) is 2. The Kier molecular flexibility index (Phi) is 4.71. The van der Waals surface area contributed by atoms with Crippen molar-refractivity contribution in [1.82, 2.24) is 9.71 Å². The van der Waals surface area contributed by atoms with E-state index in [2.05, 4.69) is 9.71 Å². The fraction of sp³-hybridized carbons (Fsp3) is 0.231. The second kappa shape index (κ2) is 6.33. The van der Waals surface area contributed by atoms with Crippen LogP contribution in [0.3, 0.4) is 0 Å². The van der Waals surface area contributed by atoms with E-state index < -0.39 is 10.0 Å². The van der Waals surface area contributed by atoms with E-state index in [0.29, 0.717) is 23.6 Å². The van der Waals surface area contributed by atoms with Crippen molar-refractivity contribution in [3.63, 3.8) is 0 Å². The Morgan fingerprint density at radius 2 is 2.05 bits per heavy atom. The molecule has 0 radical (unpaired) electrons. The summed E-state index contributed by atoms with van der Waals surface area (Å²) in [6.07, 6.45) is 2.29. The first-order valence-electron chi connectivity index (χ1n) is 6.25. The lowest BCUT2D eigenvalue weighted by molar-refractivity contribution is 0.452. The van der Waals surface area contributed by atoms with E-state index in [0.717, 1.165) is 0 Å². The van der Waals surface area contributed by atoms with Crippen molar-refractivity contribution in [2.45, 2.75) is 24.8 Å². The van der Waals surface area contributed by atoms with E-state index >= 15 is 0 Å². The summed E-state index contributed by atoms with van der Waals surface area (Å²) in [6.45, 7) is 1.93. The highest BCUT2D eigenvalue weighted by Gasteiger charge is 2.15. The third-order valence-corrected chi connectivity index (χ3v) is 4.47. The van der Waals surface area contributed by atoms with Crippen LogP contribution in [0.25, 0.3) is 0 Å². The Balaban J connectivity index is 2.09. The molecule has 0 saturated carbocycles. The van der Waals surface area contributed by atoms with Crippen molar-refractivity contribution in [2.75, 3.05) is 0 Å². The highest BCUT2D eigenvalue weighted by Crippen LogP contribution is 2.12. The maximum absolute atomic E-state index is 12.1. The zero-order valence-electron chi connectivity index (χ0n) is 11.4. The number of benzene rings is 1. The molecule has 0 saturated heterocycles. The molecule has 1 heterocycles. The molecule has 0 amide bonds. The van der Waals surface area contributed by atoms with Crippen molar-refractivity contribution >= 4 is 27.2 Å². The number of hydrogen-bond acceptors (Lipinski definition) is 5. The molecule has 0 bridgehead atoms. The first kappa shape index (κ1) is 15.6. The first-order valence-corrected chi connectivity index (χ1v) is 8.14. The van der Waals surface area contributed by atoms with Crippen molar-refractivity contribution in [2.24, 2.45) is 5.73 Å². The lowest BCUT2D eigenvalue weighted by atomic mass is 10.2. The van der Waals surface area contributed by atoms with Gasteiger partial charge in [-0.3, -0.25) is 0 Å². The highest BCUT2D eigenvalue weighted by molar-refractivity contribution is 7.89. The zero-order valence-corrected chi connectivity index (χ0v) is 13.0. The van der Waals surface area contributed by atoms with Crippen LogP contribution in [0.5, 0.6) is 0 Å². The molecule has 3 N–H and O–H groups in total. The summed E-state index contributed by atoms with van der Waals surface area (Å²) in [5, 5.41) is 0. The van der Waals surface area contributed by atoms with Crippen LogP contribution in [0.15, 0.2) is 39.8 Å². The summed E-state index contributed by atoms with van der Waals surface area (Å²) >= 11 is 4.82. The molecule has 2 aromatic rings. The monoisotopic (exact) mass is 325 g/mol. The van der Waals surface area contributed by atoms with Gasteiger partial charge in [0, 0.05) is 12.0 Å². The van der Waals surface area contributed by atoms with E-state index in [-0.39, 0.29) is 16.4 Å². The predicted molar refractivity (Wildman–Crippen MR) is 82.2 cm³/mol. The van der Waals surface area contributed by atoms with Gasteiger partial charge in [-0.1, -0.05) is 31.3 Å². The molecule has 8 heteroatoms. The Hall–Kier alpha value is -1.77. The molecule has 0 aliphatic heterocycles. The minimum Gasteiger partial charge on any atom is -0.444 e. The van der Waals surface area contributed by atoms with Crippen LogP contribution in [0.4, 0.5) is 0 Å². The molecule has 0 aliphatic carbocycles. The van der Waals surface area contributed by atoms with E-state index in [1.807, 2.05) is 6.92 Å². The van der Waals surface area contributed by atoms with Crippen molar-refractivity contribution in [3.8, 4) is 0 Å². The number of oxazole rings is 1. The number of nitrogens with two attached hydrogens (primary N) is 1. The van der Waals surface area contributed by atoms with Gasteiger partial charge in [0.1, 0.15) is 10.7 Å². The SMILES string of the molecule is CCc1cnc(CNS(=O)(=O)c2ccc(C(N)=S)cc2)o1. The largest absolute Gasteiger partial charge is 0.444 e. The second-order valence-electron chi connectivity index (χ2n) is 4.29. The van der Waals surface area contributed by atoms with Crippen LogP contribution in [0.1, 0.15) is 24.1 Å². The van der Waals surface area contributed by atoms with Crippen molar-refractivity contribution in [1.29, 1.82) is 0 Å². The van der Waals surface area contributed by atoms with E-state index in [1.54, 1.807) is 18.3 Å². The van der Waals surface area contributed by atoms with Crippen LogP contribution in [-0.4, -0.2) is 18.4 Å². The van der Waals surface area contributed by atoms with Crippen LogP contribution in [0.2, 0.25) is 0 Å². The summed E-state index contributed by atoms with van der Waals surface area (Å²) in [5.41, 5.74) is 6.08. The summed E-state index contributed by atoms with van der Waals surface area (Å²) in [4.78, 5) is 4.34. The minimum absolute atomic E-state index is 0.000609. The number of thiocarbonyl (C=S) groups is 1. The quantitative estimate of drug-likeness (QED) is 0.778. The number of nitrogens with zero attached hydrogens (tertiary/aromatic N) is 1. The molecule has 0 unspecified atom stereocenters. The maximum Gasteiger partial charge on any atom is 0.241 e. The highest BCUT2D eigenvalue weighted by atomic mass is 32.2. The van der Waals surface area contributed by atoms with Gasteiger partial charge >= 0.3 is 0 Å². The summed E-state index contributed by atoms with van der Waals surface area (Å²) in [7, 11) is -3.63. The summed E-state index contributed by atoms with van der Waals surface area (Å²) < 4.78 is 32.0. The van der Waals surface area contributed by atoms with Gasteiger partial charge in [-0.05, 0) is 12.1 Å². The second-order valence-corrected chi connectivity index (χ2v) is 6.49. The molecule has 1 aromatic carbocycles. The number of sulfonamides is 1. The number of rotatable bonds is 6. The Labute approximate surface area is 128 Å². The molecular formula is C13H15N3O3S2. The maximum atomic E-state index is 12.1. The Morgan fingerprint density at radius 1 is 1.38 bits per heavy atom. The van der Waals surface area contributed by atoms with Crippen molar-refractivity contribution in [3.05, 3.63) is 47.7 Å². The van der Waals surface area contributed by atoms with Crippen molar-refractivity contribution < 1.29 is 12.8 Å². The van der Waals surface area contributed by atoms with Gasteiger partial charge in [0.25, 0.3) is 0 Å². The van der Waals surface area contributed by atoms with Gasteiger partial charge in [-0.2, -0.15) is 0 Å². The molecular weight excluding hydrogens is 310 g/mol. The van der Waals surface area contributed by atoms with Gasteiger partial charge in [0.2, 0.25) is 15.9 Å². The number of aromatic nitrogens is 1. The average molecular weight is 325 g/mol. The molecule has 1 aromatic heterocycles. The summed E-state index contributed by atoms with van der Waals surface area (Å²) in [5.74, 6) is 1.04. The number of aryl methyl sites for hydroxylation is 1. The van der Waals surface area contributed by atoms with Gasteiger partial charge < -0.3 is 10.2 Å². The fourth-order valence-electron chi connectivity index (χ4n) is 1.63. The number of nitrogens with one attached hydrogen (secondary N) is 1. The van der Waals surface area contributed by atoms with Gasteiger partial charge in [-0.25, -0.2) is 18.1 Å². The van der Waals surface area contributed by atoms with E-state index in [9.17, 15) is 8.42 Å². The van der Waals surface area contributed by atoms with Crippen LogP contribution < -0.4 is 10.5 Å². The van der Waals surface area contributed by atoms with Gasteiger partial charge in [0.15, 0.2) is 0 Å². The normalized spacial score (nSPS) is 11.5.